The molecule has 1 heterocycles. The molecule has 0 aliphatic heterocycles. The number of nitrogens with zero attached hydrogens (tertiary/aromatic N) is 2. The summed E-state index contributed by atoms with van der Waals surface area (Å²) in [6, 6.07) is 1.41. The molecule has 1 amide bonds. The molecule has 0 unspecified atom stereocenters. The molecule has 6 nitrogen and oxygen atoms in total. The average molecular weight is 216 g/mol. The number of carbonyl (C=O) groups is 2. The van der Waals surface area contributed by atoms with E-state index in [1.165, 1.54) is 12.3 Å². The van der Waals surface area contributed by atoms with Crippen LogP contribution in [0.2, 0.25) is 5.28 Å². The number of rotatable bonds is 3. The minimum atomic E-state index is -1.21. The fourth-order valence-corrected chi connectivity index (χ4v) is 0.876. The van der Waals surface area contributed by atoms with E-state index in [9.17, 15) is 9.59 Å². The minimum Gasteiger partial charge on any atom is -0.481 e. The number of carbonyl (C=O) groups excluding carboxylic acids is 1. The van der Waals surface area contributed by atoms with Gasteiger partial charge in [0.05, 0.1) is 0 Å². The van der Waals surface area contributed by atoms with Crippen LogP contribution in [-0.2, 0) is 9.59 Å². The molecule has 74 valence electrons. The van der Waals surface area contributed by atoms with Crippen molar-refractivity contribution in [2.24, 2.45) is 0 Å². The first kappa shape index (κ1) is 10.4. The van der Waals surface area contributed by atoms with Crippen LogP contribution in [0.1, 0.15) is 6.42 Å². The first-order valence-electron chi connectivity index (χ1n) is 3.58. The van der Waals surface area contributed by atoms with Crippen molar-refractivity contribution in [3.8, 4) is 0 Å². The fourth-order valence-electron chi connectivity index (χ4n) is 0.729. The molecule has 0 aliphatic rings. The summed E-state index contributed by atoms with van der Waals surface area (Å²) < 4.78 is 0. The van der Waals surface area contributed by atoms with Crippen molar-refractivity contribution >= 4 is 29.3 Å². The highest BCUT2D eigenvalue weighted by atomic mass is 35.5. The third kappa shape index (κ3) is 3.36. The lowest BCUT2D eigenvalue weighted by molar-refractivity contribution is -0.139. The van der Waals surface area contributed by atoms with Crippen LogP contribution in [-0.4, -0.2) is 27.0 Å². The lowest BCUT2D eigenvalue weighted by atomic mass is 10.4. The maximum atomic E-state index is 10.9. The van der Waals surface area contributed by atoms with Crippen LogP contribution in [0, 0.1) is 0 Å². The third-order valence-electron chi connectivity index (χ3n) is 1.21. The van der Waals surface area contributed by atoms with Crippen molar-refractivity contribution in [3.63, 3.8) is 0 Å². The predicted octanol–water partition coefficient (Wildman–Crippen LogP) is 0.543. The second-order valence-corrected chi connectivity index (χ2v) is 2.67. The Balaban J connectivity index is 2.60. The first-order chi connectivity index (χ1) is 6.58. The van der Waals surface area contributed by atoms with Gasteiger partial charge in [0.2, 0.25) is 11.2 Å². The molecule has 1 rings (SSSR count). The highest BCUT2D eigenvalue weighted by molar-refractivity contribution is 6.28. The molecule has 0 saturated heterocycles. The monoisotopic (exact) mass is 215 g/mol. The van der Waals surface area contributed by atoms with Crippen molar-refractivity contribution in [2.75, 3.05) is 5.32 Å². The minimum absolute atomic E-state index is 0.0156. The van der Waals surface area contributed by atoms with E-state index in [2.05, 4.69) is 15.3 Å². The molecule has 14 heavy (non-hydrogen) atoms. The van der Waals surface area contributed by atoms with Gasteiger partial charge in [-0.05, 0) is 17.7 Å². The molecule has 0 saturated carbocycles. The molecular weight excluding hydrogens is 210 g/mol. The molecule has 0 spiro atoms. The quantitative estimate of drug-likeness (QED) is 0.567. The Morgan fingerprint density at radius 3 is 2.86 bits per heavy atom. The number of aromatic nitrogens is 2. The molecule has 1 aromatic heterocycles. The van der Waals surface area contributed by atoms with E-state index in [1.807, 2.05) is 0 Å². The summed E-state index contributed by atoms with van der Waals surface area (Å²) in [5.41, 5.74) is 0. The van der Waals surface area contributed by atoms with Crippen LogP contribution >= 0.6 is 11.6 Å². The lowest BCUT2D eigenvalue weighted by Gasteiger charge is -2.01. The number of nitrogens with one attached hydrogen (secondary N) is 1. The lowest BCUT2D eigenvalue weighted by Crippen LogP contribution is -2.16. The fraction of sp³-hybridized carbons (Fsp3) is 0.143. The van der Waals surface area contributed by atoms with Gasteiger partial charge >= 0.3 is 5.97 Å². The van der Waals surface area contributed by atoms with Crippen LogP contribution in [0.4, 0.5) is 5.82 Å². The van der Waals surface area contributed by atoms with Gasteiger partial charge in [-0.25, -0.2) is 9.97 Å². The summed E-state index contributed by atoms with van der Waals surface area (Å²) in [5.74, 6) is -1.69. The Morgan fingerprint density at radius 1 is 1.57 bits per heavy atom. The number of halogens is 1. The van der Waals surface area contributed by atoms with Crippen LogP contribution in [0.5, 0.6) is 0 Å². The molecule has 0 atom stereocenters. The second kappa shape index (κ2) is 4.52. The topological polar surface area (TPSA) is 92.2 Å². The van der Waals surface area contributed by atoms with Crippen molar-refractivity contribution in [2.45, 2.75) is 6.42 Å². The van der Waals surface area contributed by atoms with E-state index in [4.69, 9.17) is 16.7 Å². The zero-order valence-corrected chi connectivity index (χ0v) is 7.65. The molecule has 0 radical (unpaired) electrons. The standard InChI is InChI=1S/C7H6ClN3O3/c8-7-9-2-1-4(11-7)10-5(12)3-6(13)14/h1-2H,3H2,(H,13,14)(H,9,10,11,12). The zero-order valence-electron chi connectivity index (χ0n) is 6.90. The van der Waals surface area contributed by atoms with Gasteiger partial charge in [0.25, 0.3) is 0 Å². The van der Waals surface area contributed by atoms with Gasteiger partial charge in [-0.2, -0.15) is 0 Å². The van der Waals surface area contributed by atoms with E-state index in [-0.39, 0.29) is 11.1 Å². The van der Waals surface area contributed by atoms with Crippen molar-refractivity contribution in [1.82, 2.24) is 9.97 Å². The number of carboxylic acids is 1. The summed E-state index contributed by atoms with van der Waals surface area (Å²) in [7, 11) is 0. The summed E-state index contributed by atoms with van der Waals surface area (Å²) in [6.45, 7) is 0. The molecule has 0 bridgehead atoms. The van der Waals surface area contributed by atoms with Crippen LogP contribution in [0.3, 0.4) is 0 Å². The van der Waals surface area contributed by atoms with E-state index in [0.29, 0.717) is 0 Å². The van der Waals surface area contributed by atoms with Gasteiger partial charge < -0.3 is 10.4 Å². The predicted molar refractivity (Wildman–Crippen MR) is 47.9 cm³/mol. The Morgan fingerprint density at radius 2 is 2.29 bits per heavy atom. The molecule has 0 fully saturated rings. The van der Waals surface area contributed by atoms with E-state index < -0.39 is 18.3 Å². The van der Waals surface area contributed by atoms with Crippen LogP contribution in [0.25, 0.3) is 0 Å². The first-order valence-corrected chi connectivity index (χ1v) is 3.96. The summed E-state index contributed by atoms with van der Waals surface area (Å²) >= 11 is 5.44. The maximum Gasteiger partial charge on any atom is 0.312 e. The van der Waals surface area contributed by atoms with Crippen molar-refractivity contribution < 1.29 is 14.7 Å². The molecular formula is C7H6ClN3O3. The highest BCUT2D eigenvalue weighted by Gasteiger charge is 2.08. The van der Waals surface area contributed by atoms with Gasteiger partial charge in [0.15, 0.2) is 0 Å². The summed E-state index contributed by atoms with van der Waals surface area (Å²) in [6.07, 6.45) is 0.743. The van der Waals surface area contributed by atoms with Gasteiger partial charge in [-0.3, -0.25) is 9.59 Å². The number of aliphatic carboxylic acids is 1. The molecule has 7 heteroatoms. The SMILES string of the molecule is O=C(O)CC(=O)Nc1ccnc(Cl)n1. The van der Waals surface area contributed by atoms with E-state index in [0.717, 1.165) is 0 Å². The number of amides is 1. The molecule has 2 N–H and O–H groups in total. The number of anilines is 1. The number of hydrogen-bond donors (Lipinski definition) is 2. The van der Waals surface area contributed by atoms with Gasteiger partial charge in [0.1, 0.15) is 12.2 Å². The van der Waals surface area contributed by atoms with Crippen molar-refractivity contribution in [3.05, 3.63) is 17.5 Å². The Bertz CT molecular complexity index is 369. The number of hydrogen-bond acceptors (Lipinski definition) is 4. The van der Waals surface area contributed by atoms with Crippen molar-refractivity contribution in [1.29, 1.82) is 0 Å². The van der Waals surface area contributed by atoms with Gasteiger partial charge in [-0.1, -0.05) is 0 Å². The number of carboxylic acid groups (broad SMARTS) is 1. The molecule has 1 aromatic rings. The highest BCUT2D eigenvalue weighted by Crippen LogP contribution is 2.05. The Hall–Kier alpha value is -1.69. The summed E-state index contributed by atoms with van der Waals surface area (Å²) in [5, 5.41) is 10.5. The maximum absolute atomic E-state index is 10.9. The average Bonchev–Trinajstić information content (AvgIpc) is 2.01. The summed E-state index contributed by atoms with van der Waals surface area (Å²) in [4.78, 5) is 28.3. The zero-order chi connectivity index (χ0) is 10.6. The molecule has 0 aliphatic carbocycles. The van der Waals surface area contributed by atoms with Crippen LogP contribution < -0.4 is 5.32 Å². The Kier molecular flexibility index (Phi) is 3.35. The largest absolute Gasteiger partial charge is 0.481 e. The van der Waals surface area contributed by atoms with E-state index in [1.54, 1.807) is 0 Å². The smallest absolute Gasteiger partial charge is 0.312 e. The van der Waals surface area contributed by atoms with Gasteiger partial charge in [0, 0.05) is 6.20 Å². The third-order valence-corrected chi connectivity index (χ3v) is 1.39. The van der Waals surface area contributed by atoms with Crippen LogP contribution in [0.15, 0.2) is 12.3 Å². The normalized spacial score (nSPS) is 9.50. The van der Waals surface area contributed by atoms with Gasteiger partial charge in [-0.15, -0.1) is 0 Å². The second-order valence-electron chi connectivity index (χ2n) is 2.33. The Labute approximate surface area is 83.9 Å². The van der Waals surface area contributed by atoms with E-state index >= 15 is 0 Å². The molecule has 0 aromatic carbocycles.